The third kappa shape index (κ3) is 6.29. The summed E-state index contributed by atoms with van der Waals surface area (Å²) in [4.78, 5) is 27.3. The van der Waals surface area contributed by atoms with Crippen LogP contribution in [0.25, 0.3) is 0 Å². The van der Waals surface area contributed by atoms with Crippen molar-refractivity contribution in [3.8, 4) is 0 Å². The Morgan fingerprint density at radius 1 is 1.39 bits per heavy atom. The number of nitrogens with one attached hydrogen (secondary N) is 1. The van der Waals surface area contributed by atoms with Gasteiger partial charge in [-0.3, -0.25) is 4.79 Å². The molecule has 1 fully saturated rings. The minimum absolute atomic E-state index is 0.0493. The van der Waals surface area contributed by atoms with Crippen LogP contribution in [0.1, 0.15) is 33.1 Å². The summed E-state index contributed by atoms with van der Waals surface area (Å²) >= 11 is 0. The summed E-state index contributed by atoms with van der Waals surface area (Å²) in [5, 5.41) is 2.52. The second-order valence-electron chi connectivity index (χ2n) is 5.88. The summed E-state index contributed by atoms with van der Waals surface area (Å²) in [6.45, 7) is 3.76. The van der Waals surface area contributed by atoms with Gasteiger partial charge >= 0.3 is 6.03 Å². The average Bonchev–Trinajstić information content (AvgIpc) is 2.50. The van der Waals surface area contributed by atoms with Gasteiger partial charge in [-0.05, 0) is 33.1 Å². The van der Waals surface area contributed by atoms with E-state index in [9.17, 15) is 18.4 Å². The minimum Gasteiger partial charge on any atom is -0.383 e. The molecule has 0 radical (unpaired) electrons. The number of ether oxygens (including phenoxy) is 1. The number of piperidine rings is 1. The molecule has 1 aliphatic heterocycles. The van der Waals surface area contributed by atoms with E-state index >= 15 is 0 Å². The Bertz CT molecular complexity index is 396. The maximum Gasteiger partial charge on any atom is 0.318 e. The zero-order valence-corrected chi connectivity index (χ0v) is 14.1. The standard InChI is InChI=1S/C15H27F2N3O3/c1-11-6-4-5-7-20(11)14(21)12(2)18-15(22)19(8-9-23-3)10-13(16)17/h11-13H,4-10H2,1-3H3,(H,18,22)/t11-,12+/m0/s1. The Morgan fingerprint density at radius 3 is 2.65 bits per heavy atom. The van der Waals surface area contributed by atoms with E-state index in [2.05, 4.69) is 5.32 Å². The fraction of sp³-hybridized carbons (Fsp3) is 0.867. The molecule has 0 unspecified atom stereocenters. The summed E-state index contributed by atoms with van der Waals surface area (Å²) in [5.41, 5.74) is 0. The number of methoxy groups -OCH3 is 1. The van der Waals surface area contributed by atoms with Crippen LogP contribution in [0.5, 0.6) is 0 Å². The number of nitrogens with zero attached hydrogens (tertiary/aromatic N) is 2. The largest absolute Gasteiger partial charge is 0.383 e. The number of urea groups is 1. The van der Waals surface area contributed by atoms with E-state index in [0.717, 1.165) is 24.2 Å². The first-order valence-corrected chi connectivity index (χ1v) is 7.99. The predicted molar refractivity (Wildman–Crippen MR) is 82.5 cm³/mol. The molecule has 0 bridgehead atoms. The van der Waals surface area contributed by atoms with Crippen molar-refractivity contribution in [1.29, 1.82) is 0 Å². The van der Waals surface area contributed by atoms with Crippen LogP contribution < -0.4 is 5.32 Å². The molecule has 0 aliphatic carbocycles. The number of carbonyl (C=O) groups is 2. The number of hydrogen-bond acceptors (Lipinski definition) is 3. The third-order valence-electron chi connectivity index (χ3n) is 4.01. The fourth-order valence-electron chi connectivity index (χ4n) is 2.66. The van der Waals surface area contributed by atoms with Crippen LogP contribution in [0, 0.1) is 0 Å². The molecule has 6 nitrogen and oxygen atoms in total. The number of carbonyl (C=O) groups excluding carboxylic acids is 2. The lowest BCUT2D eigenvalue weighted by Crippen LogP contribution is -2.54. The third-order valence-corrected chi connectivity index (χ3v) is 4.01. The molecule has 1 rings (SSSR count). The predicted octanol–water partition coefficient (Wildman–Crippen LogP) is 1.70. The van der Waals surface area contributed by atoms with Crippen molar-refractivity contribution in [1.82, 2.24) is 15.1 Å². The lowest BCUT2D eigenvalue weighted by molar-refractivity contribution is -0.136. The van der Waals surface area contributed by atoms with Crippen molar-refractivity contribution in [3.05, 3.63) is 0 Å². The molecule has 3 amide bonds. The van der Waals surface area contributed by atoms with Crippen LogP contribution in [0.15, 0.2) is 0 Å². The first kappa shape index (κ1) is 19.6. The van der Waals surface area contributed by atoms with Crippen LogP contribution in [-0.4, -0.2) is 73.6 Å². The zero-order valence-electron chi connectivity index (χ0n) is 14.1. The second kappa shape index (κ2) is 9.64. The van der Waals surface area contributed by atoms with Crippen molar-refractivity contribution >= 4 is 11.9 Å². The van der Waals surface area contributed by atoms with Gasteiger partial charge in [-0.1, -0.05) is 0 Å². The van der Waals surface area contributed by atoms with Gasteiger partial charge in [0.1, 0.15) is 6.04 Å². The van der Waals surface area contributed by atoms with Gasteiger partial charge < -0.3 is 19.9 Å². The number of halogens is 2. The normalized spacial score (nSPS) is 19.6. The lowest BCUT2D eigenvalue weighted by atomic mass is 10.0. The van der Waals surface area contributed by atoms with Crippen molar-refractivity contribution in [2.45, 2.75) is 51.6 Å². The maximum absolute atomic E-state index is 12.6. The van der Waals surface area contributed by atoms with Crippen LogP contribution in [0.2, 0.25) is 0 Å². The Labute approximate surface area is 136 Å². The van der Waals surface area contributed by atoms with Crippen LogP contribution in [0.3, 0.4) is 0 Å². The molecule has 0 aromatic rings. The first-order chi connectivity index (χ1) is 10.9. The smallest absolute Gasteiger partial charge is 0.318 e. The number of amides is 3. The number of likely N-dealkylation sites (tertiary alicyclic amines) is 1. The molecule has 23 heavy (non-hydrogen) atoms. The van der Waals surface area contributed by atoms with E-state index in [-0.39, 0.29) is 25.1 Å². The van der Waals surface area contributed by atoms with E-state index in [4.69, 9.17) is 4.74 Å². The van der Waals surface area contributed by atoms with Gasteiger partial charge in [-0.2, -0.15) is 0 Å². The molecule has 2 atom stereocenters. The zero-order chi connectivity index (χ0) is 17.4. The van der Waals surface area contributed by atoms with Gasteiger partial charge in [0.25, 0.3) is 6.43 Å². The monoisotopic (exact) mass is 335 g/mol. The average molecular weight is 335 g/mol. The summed E-state index contributed by atoms with van der Waals surface area (Å²) in [5.74, 6) is -0.172. The van der Waals surface area contributed by atoms with Gasteiger partial charge in [0, 0.05) is 26.2 Å². The Hall–Kier alpha value is -1.44. The molecule has 0 aromatic heterocycles. The quantitative estimate of drug-likeness (QED) is 0.770. The van der Waals surface area contributed by atoms with E-state index in [0.29, 0.717) is 6.54 Å². The van der Waals surface area contributed by atoms with Crippen LogP contribution in [0.4, 0.5) is 13.6 Å². The van der Waals surface area contributed by atoms with Gasteiger partial charge in [-0.15, -0.1) is 0 Å². The summed E-state index contributed by atoms with van der Waals surface area (Å²) in [7, 11) is 1.43. The number of rotatable bonds is 7. The van der Waals surface area contributed by atoms with Gasteiger partial charge in [0.15, 0.2) is 0 Å². The van der Waals surface area contributed by atoms with Crippen molar-refractivity contribution in [3.63, 3.8) is 0 Å². The first-order valence-electron chi connectivity index (χ1n) is 7.99. The minimum atomic E-state index is -2.63. The Morgan fingerprint density at radius 2 is 2.09 bits per heavy atom. The highest BCUT2D eigenvalue weighted by Gasteiger charge is 2.29. The van der Waals surface area contributed by atoms with E-state index in [1.165, 1.54) is 7.11 Å². The Kier molecular flexibility index (Phi) is 8.22. The Balaban J connectivity index is 2.59. The van der Waals surface area contributed by atoms with Crippen molar-refractivity contribution in [2.75, 3.05) is 33.4 Å². The molecular formula is C15H27F2N3O3. The van der Waals surface area contributed by atoms with Gasteiger partial charge in [0.05, 0.1) is 13.2 Å². The van der Waals surface area contributed by atoms with Gasteiger partial charge in [-0.25, -0.2) is 13.6 Å². The maximum atomic E-state index is 12.6. The van der Waals surface area contributed by atoms with Crippen molar-refractivity contribution in [2.24, 2.45) is 0 Å². The van der Waals surface area contributed by atoms with Crippen molar-refractivity contribution < 1.29 is 23.1 Å². The van der Waals surface area contributed by atoms with Crippen LogP contribution >= 0.6 is 0 Å². The number of hydrogen-bond donors (Lipinski definition) is 1. The van der Waals surface area contributed by atoms with E-state index in [1.54, 1.807) is 11.8 Å². The highest BCUT2D eigenvalue weighted by atomic mass is 19.3. The van der Waals surface area contributed by atoms with Gasteiger partial charge in [0.2, 0.25) is 5.91 Å². The highest BCUT2D eigenvalue weighted by molar-refractivity contribution is 5.87. The molecule has 1 aliphatic rings. The summed E-state index contributed by atoms with van der Waals surface area (Å²) in [6.07, 6.45) is 0.343. The highest BCUT2D eigenvalue weighted by Crippen LogP contribution is 2.17. The second-order valence-corrected chi connectivity index (χ2v) is 5.88. The molecule has 134 valence electrons. The molecule has 1 N–H and O–H groups in total. The summed E-state index contributed by atoms with van der Waals surface area (Å²) < 4.78 is 30.0. The molecule has 0 aromatic carbocycles. The summed E-state index contributed by atoms with van der Waals surface area (Å²) in [6, 6.07) is -1.28. The lowest BCUT2D eigenvalue weighted by Gasteiger charge is -2.35. The van der Waals surface area contributed by atoms with E-state index in [1.807, 2.05) is 6.92 Å². The molecular weight excluding hydrogens is 308 g/mol. The molecule has 1 saturated heterocycles. The topological polar surface area (TPSA) is 61.9 Å². The molecule has 0 saturated carbocycles. The van der Waals surface area contributed by atoms with E-state index < -0.39 is 25.0 Å². The molecule has 8 heteroatoms. The number of alkyl halides is 2. The van der Waals surface area contributed by atoms with Crippen LogP contribution in [-0.2, 0) is 9.53 Å². The fourth-order valence-corrected chi connectivity index (χ4v) is 2.66. The molecule has 0 spiro atoms. The molecule has 1 heterocycles. The SMILES string of the molecule is COCCN(CC(F)F)C(=O)N[C@H](C)C(=O)N1CCCC[C@@H]1C.